The van der Waals surface area contributed by atoms with Crippen LogP contribution < -0.4 is 15.5 Å². The first-order chi connectivity index (χ1) is 10.9. The van der Waals surface area contributed by atoms with Crippen molar-refractivity contribution in [1.82, 2.24) is 15.6 Å². The van der Waals surface area contributed by atoms with Gasteiger partial charge in [0.1, 0.15) is 5.82 Å². The number of urea groups is 1. The van der Waals surface area contributed by atoms with E-state index in [1.54, 1.807) is 12.3 Å². The number of aliphatic hydroxyl groups excluding tert-OH is 1. The molecule has 1 atom stereocenters. The summed E-state index contributed by atoms with van der Waals surface area (Å²) in [5.74, 6) is 0.767. The van der Waals surface area contributed by atoms with E-state index in [0.717, 1.165) is 18.8 Å². The Bertz CT molecular complexity index is 539. The summed E-state index contributed by atoms with van der Waals surface area (Å²) in [7, 11) is 0. The van der Waals surface area contributed by atoms with Crippen molar-refractivity contribution in [3.05, 3.63) is 23.4 Å². The number of rotatable bonds is 6. The van der Waals surface area contributed by atoms with Crippen LogP contribution in [0.5, 0.6) is 0 Å². The van der Waals surface area contributed by atoms with Crippen LogP contribution in [0.3, 0.4) is 0 Å². The molecule has 3 N–H and O–H groups in total. The number of halogens is 1. The number of carbonyl (C=O) groups is 1. The lowest BCUT2D eigenvalue weighted by atomic mass is 9.90. The summed E-state index contributed by atoms with van der Waals surface area (Å²) in [6, 6.07) is 3.53. The highest BCUT2D eigenvalue weighted by Gasteiger charge is 2.26. The highest BCUT2D eigenvalue weighted by molar-refractivity contribution is 6.32. The minimum Gasteiger partial charge on any atom is -0.396 e. The zero-order valence-electron chi connectivity index (χ0n) is 13.7. The van der Waals surface area contributed by atoms with Crippen LogP contribution in [0.2, 0.25) is 5.02 Å². The SMILES string of the molecule is CC(C)(CCO)CNC(=O)NC1CCN(c2ncccc2Cl)C1. The number of hydrogen-bond acceptors (Lipinski definition) is 4. The van der Waals surface area contributed by atoms with Crippen LogP contribution >= 0.6 is 11.6 Å². The predicted octanol–water partition coefficient (Wildman–Crippen LogP) is 2.02. The van der Waals surface area contributed by atoms with E-state index in [4.69, 9.17) is 16.7 Å². The lowest BCUT2D eigenvalue weighted by molar-refractivity contribution is 0.200. The molecule has 1 unspecified atom stereocenters. The molecule has 7 heteroatoms. The molecule has 2 heterocycles. The van der Waals surface area contributed by atoms with Crippen LogP contribution in [0, 0.1) is 5.41 Å². The van der Waals surface area contributed by atoms with Crippen LogP contribution in [-0.2, 0) is 0 Å². The number of aliphatic hydroxyl groups is 1. The summed E-state index contributed by atoms with van der Waals surface area (Å²) in [4.78, 5) is 18.4. The molecular formula is C16H25ClN4O2. The van der Waals surface area contributed by atoms with Gasteiger partial charge in [-0.1, -0.05) is 25.4 Å². The van der Waals surface area contributed by atoms with Crippen molar-refractivity contribution < 1.29 is 9.90 Å². The Morgan fingerprint density at radius 3 is 3.04 bits per heavy atom. The number of amides is 2. The molecule has 0 radical (unpaired) electrons. The lowest BCUT2D eigenvalue weighted by Crippen LogP contribution is -2.46. The van der Waals surface area contributed by atoms with Gasteiger partial charge in [0.05, 0.1) is 5.02 Å². The van der Waals surface area contributed by atoms with E-state index < -0.39 is 0 Å². The first-order valence-electron chi connectivity index (χ1n) is 7.92. The van der Waals surface area contributed by atoms with Gasteiger partial charge in [-0.2, -0.15) is 0 Å². The zero-order valence-corrected chi connectivity index (χ0v) is 14.4. The van der Waals surface area contributed by atoms with Crippen molar-refractivity contribution in [3.63, 3.8) is 0 Å². The maximum atomic E-state index is 12.0. The minimum absolute atomic E-state index is 0.0778. The van der Waals surface area contributed by atoms with Gasteiger partial charge in [-0.15, -0.1) is 0 Å². The standard InChI is InChI=1S/C16H25ClN4O2/c1-16(2,6-9-22)11-19-15(23)20-12-5-8-21(10-12)14-13(17)4-3-7-18-14/h3-4,7,12,22H,5-6,8-11H2,1-2H3,(H2,19,20,23). The van der Waals surface area contributed by atoms with E-state index in [1.807, 2.05) is 19.9 Å². The van der Waals surface area contributed by atoms with Crippen molar-refractivity contribution in [1.29, 1.82) is 0 Å². The molecule has 0 aromatic carbocycles. The van der Waals surface area contributed by atoms with Crippen LogP contribution in [0.4, 0.5) is 10.6 Å². The first-order valence-corrected chi connectivity index (χ1v) is 8.30. The smallest absolute Gasteiger partial charge is 0.315 e. The van der Waals surface area contributed by atoms with Crippen molar-refractivity contribution >= 4 is 23.4 Å². The molecule has 1 fully saturated rings. The van der Waals surface area contributed by atoms with Crippen molar-refractivity contribution in [2.45, 2.75) is 32.7 Å². The highest BCUT2D eigenvalue weighted by Crippen LogP contribution is 2.25. The topological polar surface area (TPSA) is 77.5 Å². The monoisotopic (exact) mass is 340 g/mol. The van der Waals surface area contributed by atoms with Gasteiger partial charge >= 0.3 is 6.03 Å². The van der Waals surface area contributed by atoms with Gasteiger partial charge in [-0.3, -0.25) is 0 Å². The van der Waals surface area contributed by atoms with E-state index in [0.29, 0.717) is 24.5 Å². The average Bonchev–Trinajstić information content (AvgIpc) is 2.94. The van der Waals surface area contributed by atoms with Crippen molar-refractivity contribution in [2.75, 3.05) is 31.1 Å². The van der Waals surface area contributed by atoms with Gasteiger partial charge < -0.3 is 20.6 Å². The van der Waals surface area contributed by atoms with E-state index in [2.05, 4.69) is 20.5 Å². The summed E-state index contributed by atoms with van der Waals surface area (Å²) in [5, 5.41) is 15.5. The predicted molar refractivity (Wildman–Crippen MR) is 91.9 cm³/mol. The largest absolute Gasteiger partial charge is 0.396 e. The Kier molecular flexibility index (Phi) is 6.07. The van der Waals surface area contributed by atoms with Gasteiger partial charge in [-0.05, 0) is 30.4 Å². The summed E-state index contributed by atoms with van der Waals surface area (Å²) < 4.78 is 0. The Morgan fingerprint density at radius 1 is 1.57 bits per heavy atom. The zero-order chi connectivity index (χ0) is 16.9. The molecule has 1 aromatic heterocycles. The molecule has 0 bridgehead atoms. The Labute approximate surface area is 142 Å². The third-order valence-electron chi connectivity index (χ3n) is 4.08. The van der Waals surface area contributed by atoms with Crippen LogP contribution in [0.25, 0.3) is 0 Å². The fourth-order valence-corrected chi connectivity index (χ4v) is 2.87. The van der Waals surface area contributed by atoms with E-state index >= 15 is 0 Å². The van der Waals surface area contributed by atoms with E-state index in [-0.39, 0.29) is 24.1 Å². The molecule has 2 amide bonds. The van der Waals surface area contributed by atoms with E-state index in [9.17, 15) is 4.79 Å². The van der Waals surface area contributed by atoms with Gasteiger partial charge in [-0.25, -0.2) is 9.78 Å². The number of nitrogens with zero attached hydrogens (tertiary/aromatic N) is 2. The summed E-state index contributed by atoms with van der Waals surface area (Å²) in [6.07, 6.45) is 3.24. The Hall–Kier alpha value is -1.53. The number of pyridine rings is 1. The second kappa shape index (κ2) is 7.84. The molecule has 23 heavy (non-hydrogen) atoms. The second-order valence-corrected chi connectivity index (χ2v) is 7.11. The summed E-state index contributed by atoms with van der Waals surface area (Å²) in [6.45, 7) is 6.20. The molecule has 0 spiro atoms. The molecule has 1 aromatic rings. The number of hydrogen-bond donors (Lipinski definition) is 3. The van der Waals surface area contributed by atoms with Gasteiger partial charge in [0.2, 0.25) is 0 Å². The van der Waals surface area contributed by atoms with Crippen molar-refractivity contribution in [2.24, 2.45) is 5.41 Å². The number of nitrogens with one attached hydrogen (secondary N) is 2. The molecule has 128 valence electrons. The average molecular weight is 341 g/mol. The molecule has 2 rings (SSSR count). The van der Waals surface area contributed by atoms with Crippen LogP contribution in [-0.4, -0.2) is 48.4 Å². The maximum Gasteiger partial charge on any atom is 0.315 e. The summed E-state index contributed by atoms with van der Waals surface area (Å²) >= 11 is 6.16. The van der Waals surface area contributed by atoms with Gasteiger partial charge in [0.25, 0.3) is 0 Å². The van der Waals surface area contributed by atoms with Crippen LogP contribution in [0.1, 0.15) is 26.7 Å². The molecule has 1 aliphatic heterocycles. The number of anilines is 1. The summed E-state index contributed by atoms with van der Waals surface area (Å²) in [5.41, 5.74) is -0.116. The van der Waals surface area contributed by atoms with Crippen molar-refractivity contribution in [3.8, 4) is 0 Å². The first kappa shape index (κ1) is 17.8. The molecule has 0 saturated carbocycles. The molecular weight excluding hydrogens is 316 g/mol. The number of carbonyl (C=O) groups excluding carboxylic acids is 1. The maximum absolute atomic E-state index is 12.0. The molecule has 0 aliphatic carbocycles. The number of aromatic nitrogens is 1. The quantitative estimate of drug-likeness (QED) is 0.740. The Balaban J connectivity index is 1.79. The fourth-order valence-electron chi connectivity index (χ4n) is 2.63. The normalized spacial score (nSPS) is 18.1. The molecule has 1 saturated heterocycles. The van der Waals surface area contributed by atoms with E-state index in [1.165, 1.54) is 0 Å². The second-order valence-electron chi connectivity index (χ2n) is 6.71. The third-order valence-corrected chi connectivity index (χ3v) is 4.37. The van der Waals surface area contributed by atoms with Gasteiger partial charge in [0, 0.05) is 38.5 Å². The third kappa shape index (κ3) is 5.25. The highest BCUT2D eigenvalue weighted by atomic mass is 35.5. The molecule has 6 nitrogen and oxygen atoms in total. The Morgan fingerprint density at radius 2 is 2.35 bits per heavy atom. The van der Waals surface area contributed by atoms with Crippen LogP contribution in [0.15, 0.2) is 18.3 Å². The van der Waals surface area contributed by atoms with Gasteiger partial charge in [0.15, 0.2) is 0 Å². The lowest BCUT2D eigenvalue weighted by Gasteiger charge is -2.24. The fraction of sp³-hybridized carbons (Fsp3) is 0.625. The molecule has 1 aliphatic rings. The minimum atomic E-state index is -0.171.